The molecule has 0 aromatic carbocycles. The van der Waals surface area contributed by atoms with E-state index in [0.717, 1.165) is 6.42 Å². The molecule has 0 saturated heterocycles. The molecule has 0 heterocycles. The van der Waals surface area contributed by atoms with Gasteiger partial charge in [0.15, 0.2) is 0 Å². The van der Waals surface area contributed by atoms with Gasteiger partial charge in [-0.15, -0.1) is 0 Å². The number of carbonyl (C=O) groups excluding carboxylic acids is 1. The monoisotopic (exact) mass is 131 g/mol. The first-order valence-electron chi connectivity index (χ1n) is 3.04. The Hall–Kier alpha value is -0.570. The molecule has 0 aromatic heterocycles. The minimum absolute atomic E-state index is 0.242. The number of aliphatic hydroxyl groups is 1. The summed E-state index contributed by atoms with van der Waals surface area (Å²) in [5.74, 6) is -1.18. The molecule has 0 aliphatic heterocycles. The summed E-state index contributed by atoms with van der Waals surface area (Å²) < 4.78 is 0. The standard InChI is InChI=1S/C6H12O3/c1-2-3-5(7)4-6(8)9/h5,7H,2-4H2,1H3,(H,8,9)/p-1. The Morgan fingerprint density at radius 3 is 2.67 bits per heavy atom. The van der Waals surface area contributed by atoms with Crippen LogP contribution in [0.1, 0.15) is 26.2 Å². The van der Waals surface area contributed by atoms with Crippen LogP contribution in [-0.2, 0) is 4.79 Å². The largest absolute Gasteiger partial charge is 0.550 e. The predicted molar refractivity (Wildman–Crippen MR) is 30.5 cm³/mol. The Bertz CT molecular complexity index is 90.3. The van der Waals surface area contributed by atoms with Gasteiger partial charge in [-0.2, -0.15) is 0 Å². The molecule has 0 rings (SSSR count). The first-order valence-corrected chi connectivity index (χ1v) is 3.04. The van der Waals surface area contributed by atoms with E-state index in [9.17, 15) is 9.90 Å². The van der Waals surface area contributed by atoms with Gasteiger partial charge in [0.2, 0.25) is 0 Å². The normalized spacial score (nSPS) is 13.1. The third-order valence-electron chi connectivity index (χ3n) is 1.02. The van der Waals surface area contributed by atoms with Gasteiger partial charge in [0.05, 0.1) is 6.10 Å². The van der Waals surface area contributed by atoms with Gasteiger partial charge in [0, 0.05) is 12.4 Å². The number of carboxylic acids is 1. The SMILES string of the molecule is CCCC(O)CC(=O)[O-]. The minimum Gasteiger partial charge on any atom is -0.550 e. The minimum atomic E-state index is -1.18. The van der Waals surface area contributed by atoms with Gasteiger partial charge in [-0.25, -0.2) is 0 Å². The fourth-order valence-corrected chi connectivity index (χ4v) is 0.628. The zero-order valence-electron chi connectivity index (χ0n) is 5.46. The van der Waals surface area contributed by atoms with E-state index in [4.69, 9.17) is 5.11 Å². The fourth-order valence-electron chi connectivity index (χ4n) is 0.628. The molecule has 0 bridgehead atoms. The van der Waals surface area contributed by atoms with Crippen LogP contribution in [0.2, 0.25) is 0 Å². The lowest BCUT2D eigenvalue weighted by Gasteiger charge is -2.08. The van der Waals surface area contributed by atoms with Crippen molar-refractivity contribution in [2.24, 2.45) is 0 Å². The molecular weight excluding hydrogens is 120 g/mol. The van der Waals surface area contributed by atoms with Gasteiger partial charge in [-0.05, 0) is 6.42 Å². The number of aliphatic hydroxyl groups excluding tert-OH is 1. The second-order valence-corrected chi connectivity index (χ2v) is 2.02. The lowest BCUT2D eigenvalue weighted by molar-refractivity contribution is -0.307. The Balaban J connectivity index is 3.26. The van der Waals surface area contributed by atoms with Crippen molar-refractivity contribution >= 4 is 5.97 Å². The average Bonchev–Trinajstić information content (AvgIpc) is 1.63. The van der Waals surface area contributed by atoms with Crippen LogP contribution in [0.25, 0.3) is 0 Å². The smallest absolute Gasteiger partial charge is 0.0592 e. The highest BCUT2D eigenvalue weighted by Crippen LogP contribution is 1.98. The molecule has 1 unspecified atom stereocenters. The highest BCUT2D eigenvalue weighted by Gasteiger charge is 2.00. The van der Waals surface area contributed by atoms with Crippen LogP contribution >= 0.6 is 0 Å². The lowest BCUT2D eigenvalue weighted by Crippen LogP contribution is -2.27. The molecule has 1 atom stereocenters. The molecule has 0 spiro atoms. The summed E-state index contributed by atoms with van der Waals surface area (Å²) in [6.45, 7) is 1.89. The molecule has 9 heavy (non-hydrogen) atoms. The summed E-state index contributed by atoms with van der Waals surface area (Å²) in [7, 11) is 0. The molecule has 3 heteroatoms. The van der Waals surface area contributed by atoms with E-state index in [1.54, 1.807) is 0 Å². The highest BCUT2D eigenvalue weighted by molar-refractivity contribution is 5.64. The van der Waals surface area contributed by atoms with Crippen molar-refractivity contribution in [1.82, 2.24) is 0 Å². The van der Waals surface area contributed by atoms with E-state index in [1.165, 1.54) is 0 Å². The van der Waals surface area contributed by atoms with Gasteiger partial charge in [0.25, 0.3) is 0 Å². The average molecular weight is 131 g/mol. The van der Waals surface area contributed by atoms with Crippen LogP contribution < -0.4 is 5.11 Å². The van der Waals surface area contributed by atoms with Crippen molar-refractivity contribution in [2.45, 2.75) is 32.3 Å². The van der Waals surface area contributed by atoms with E-state index in [0.29, 0.717) is 6.42 Å². The number of hydrogen-bond donors (Lipinski definition) is 1. The third-order valence-corrected chi connectivity index (χ3v) is 1.02. The zero-order chi connectivity index (χ0) is 7.28. The van der Waals surface area contributed by atoms with E-state index in [2.05, 4.69) is 0 Å². The van der Waals surface area contributed by atoms with E-state index in [1.807, 2.05) is 6.92 Å². The van der Waals surface area contributed by atoms with Gasteiger partial charge in [0.1, 0.15) is 0 Å². The zero-order valence-corrected chi connectivity index (χ0v) is 5.46. The highest BCUT2D eigenvalue weighted by atomic mass is 16.4. The van der Waals surface area contributed by atoms with Crippen molar-refractivity contribution < 1.29 is 15.0 Å². The maximum atomic E-state index is 9.81. The summed E-state index contributed by atoms with van der Waals surface area (Å²) in [6, 6.07) is 0. The Labute approximate surface area is 54.3 Å². The summed E-state index contributed by atoms with van der Waals surface area (Å²) >= 11 is 0. The number of carbonyl (C=O) groups is 1. The molecule has 3 nitrogen and oxygen atoms in total. The molecule has 0 aromatic rings. The predicted octanol–water partition coefficient (Wildman–Crippen LogP) is -0.713. The summed E-state index contributed by atoms with van der Waals surface area (Å²) in [4.78, 5) is 9.81. The number of hydrogen-bond acceptors (Lipinski definition) is 3. The molecule has 54 valence electrons. The van der Waals surface area contributed by atoms with E-state index < -0.39 is 12.1 Å². The van der Waals surface area contributed by atoms with Crippen LogP contribution in [0.5, 0.6) is 0 Å². The van der Waals surface area contributed by atoms with Crippen molar-refractivity contribution in [3.8, 4) is 0 Å². The Kier molecular flexibility index (Phi) is 4.05. The van der Waals surface area contributed by atoms with E-state index in [-0.39, 0.29) is 6.42 Å². The van der Waals surface area contributed by atoms with Crippen LogP contribution in [0.3, 0.4) is 0 Å². The van der Waals surface area contributed by atoms with Crippen molar-refractivity contribution in [2.75, 3.05) is 0 Å². The van der Waals surface area contributed by atoms with Crippen LogP contribution in [0.4, 0.5) is 0 Å². The van der Waals surface area contributed by atoms with E-state index >= 15 is 0 Å². The quantitative estimate of drug-likeness (QED) is 0.548. The van der Waals surface area contributed by atoms with Crippen LogP contribution in [0, 0.1) is 0 Å². The van der Waals surface area contributed by atoms with Gasteiger partial charge in [-0.3, -0.25) is 0 Å². The summed E-state index contributed by atoms with van der Waals surface area (Å²) in [5.41, 5.74) is 0. The lowest BCUT2D eigenvalue weighted by atomic mass is 10.1. The van der Waals surface area contributed by atoms with Gasteiger partial charge in [-0.1, -0.05) is 13.3 Å². The summed E-state index contributed by atoms with van der Waals surface area (Å²) in [5, 5.41) is 18.6. The molecule has 0 saturated carbocycles. The third kappa shape index (κ3) is 5.30. The Morgan fingerprint density at radius 2 is 2.33 bits per heavy atom. The molecule has 0 aliphatic rings. The molecule has 0 amide bonds. The second-order valence-electron chi connectivity index (χ2n) is 2.02. The molecular formula is C6H11O3-. The topological polar surface area (TPSA) is 60.4 Å². The fraction of sp³-hybridized carbons (Fsp3) is 0.833. The molecule has 1 N–H and O–H groups in total. The maximum absolute atomic E-state index is 9.81. The first kappa shape index (κ1) is 8.43. The van der Waals surface area contributed by atoms with Crippen molar-refractivity contribution in [3.05, 3.63) is 0 Å². The first-order chi connectivity index (χ1) is 4.16. The van der Waals surface area contributed by atoms with Crippen LogP contribution in [0.15, 0.2) is 0 Å². The van der Waals surface area contributed by atoms with Crippen molar-refractivity contribution in [1.29, 1.82) is 0 Å². The molecule has 0 fully saturated rings. The van der Waals surface area contributed by atoms with Gasteiger partial charge >= 0.3 is 0 Å². The van der Waals surface area contributed by atoms with Crippen LogP contribution in [-0.4, -0.2) is 17.2 Å². The Morgan fingerprint density at radius 1 is 1.78 bits per heavy atom. The maximum Gasteiger partial charge on any atom is 0.0592 e. The second kappa shape index (κ2) is 4.32. The molecule has 0 aliphatic carbocycles. The number of carboxylic acid groups (broad SMARTS) is 1. The number of aliphatic carboxylic acids is 1. The van der Waals surface area contributed by atoms with Crippen molar-refractivity contribution in [3.63, 3.8) is 0 Å². The number of rotatable bonds is 4. The summed E-state index contributed by atoms with van der Waals surface area (Å²) in [6.07, 6.45) is 0.371. The molecule has 0 radical (unpaired) electrons. The van der Waals surface area contributed by atoms with Gasteiger partial charge < -0.3 is 15.0 Å².